The van der Waals surface area contributed by atoms with Crippen molar-refractivity contribution in [3.8, 4) is 0 Å². The highest BCUT2D eigenvalue weighted by Gasteiger charge is 2.35. The molecule has 0 atom stereocenters. The van der Waals surface area contributed by atoms with Crippen LogP contribution in [0, 0.1) is 10.1 Å². The third-order valence-electron chi connectivity index (χ3n) is 3.05. The van der Waals surface area contributed by atoms with Crippen LogP contribution in [0.1, 0.15) is 6.42 Å². The van der Waals surface area contributed by atoms with Crippen LogP contribution in [0.2, 0.25) is 0 Å². The van der Waals surface area contributed by atoms with Crippen molar-refractivity contribution in [2.75, 3.05) is 18.0 Å². The molecule has 0 saturated heterocycles. The van der Waals surface area contributed by atoms with Crippen LogP contribution in [0.15, 0.2) is 34.3 Å². The highest BCUT2D eigenvalue weighted by atomic mass is 79.9. The van der Waals surface area contributed by atoms with Crippen LogP contribution in [0.4, 0.5) is 24.5 Å². The van der Waals surface area contributed by atoms with Crippen LogP contribution in [0.5, 0.6) is 0 Å². The summed E-state index contributed by atoms with van der Waals surface area (Å²) in [5, 5.41) is 11.0. The monoisotopic (exact) mass is 350 g/mol. The molecular weight excluding hydrogens is 341 g/mol. The predicted molar refractivity (Wildman–Crippen MR) is 71.8 cm³/mol. The second kappa shape index (κ2) is 5.43. The van der Waals surface area contributed by atoms with Crippen molar-refractivity contribution >= 4 is 27.3 Å². The van der Waals surface area contributed by atoms with Crippen molar-refractivity contribution < 1.29 is 18.1 Å². The summed E-state index contributed by atoms with van der Waals surface area (Å²) in [6.07, 6.45) is -3.41. The summed E-state index contributed by atoms with van der Waals surface area (Å²) >= 11 is 3.14. The number of nitro groups is 1. The molecule has 1 aliphatic rings. The molecule has 0 unspecified atom stereocenters. The van der Waals surface area contributed by atoms with Crippen LogP contribution >= 0.6 is 15.9 Å². The maximum Gasteiger partial charge on any atom is 0.412 e. The number of nitro benzene ring substituents is 1. The summed E-state index contributed by atoms with van der Waals surface area (Å²) in [5.41, 5.74) is -0.368. The van der Waals surface area contributed by atoms with Gasteiger partial charge in [0.15, 0.2) is 0 Å². The van der Waals surface area contributed by atoms with E-state index in [0.717, 1.165) is 6.08 Å². The molecule has 0 fully saturated rings. The van der Waals surface area contributed by atoms with E-state index < -0.39 is 16.7 Å². The first-order valence-corrected chi connectivity index (χ1v) is 6.53. The minimum Gasteiger partial charge on any atom is -0.362 e. The molecule has 1 aliphatic heterocycles. The molecule has 2 rings (SSSR count). The quantitative estimate of drug-likeness (QED) is 0.459. The van der Waals surface area contributed by atoms with E-state index in [4.69, 9.17) is 0 Å². The zero-order valence-corrected chi connectivity index (χ0v) is 11.7. The molecule has 0 N–H and O–H groups in total. The van der Waals surface area contributed by atoms with Crippen molar-refractivity contribution in [3.05, 3.63) is 44.4 Å². The molecule has 0 saturated carbocycles. The summed E-state index contributed by atoms with van der Waals surface area (Å²) in [5.74, 6) is 0. The van der Waals surface area contributed by atoms with Gasteiger partial charge in [0.25, 0.3) is 5.69 Å². The Balaban J connectivity index is 2.27. The van der Waals surface area contributed by atoms with Crippen molar-refractivity contribution in [2.45, 2.75) is 12.6 Å². The molecule has 1 aromatic rings. The van der Waals surface area contributed by atoms with Gasteiger partial charge in [0.05, 0.1) is 4.92 Å². The van der Waals surface area contributed by atoms with Gasteiger partial charge in [-0.15, -0.1) is 0 Å². The van der Waals surface area contributed by atoms with Crippen molar-refractivity contribution in [3.63, 3.8) is 0 Å². The Morgan fingerprint density at radius 3 is 2.55 bits per heavy atom. The minimum atomic E-state index is -4.32. The van der Waals surface area contributed by atoms with Gasteiger partial charge < -0.3 is 4.90 Å². The first kappa shape index (κ1) is 14.8. The number of hydrogen-bond donors (Lipinski definition) is 0. The number of benzene rings is 1. The lowest BCUT2D eigenvalue weighted by Crippen LogP contribution is -2.32. The molecule has 0 aromatic heterocycles. The molecule has 0 spiro atoms. The zero-order chi connectivity index (χ0) is 14.9. The number of halogens is 4. The summed E-state index contributed by atoms with van der Waals surface area (Å²) in [7, 11) is 0. The first-order valence-electron chi connectivity index (χ1n) is 5.74. The van der Waals surface area contributed by atoms with Gasteiger partial charge >= 0.3 is 6.18 Å². The number of anilines is 1. The summed E-state index contributed by atoms with van der Waals surface area (Å²) in [6, 6.07) is 4.51. The Morgan fingerprint density at radius 1 is 1.35 bits per heavy atom. The van der Waals surface area contributed by atoms with E-state index in [9.17, 15) is 23.3 Å². The Bertz CT molecular complexity index is 572. The maximum absolute atomic E-state index is 12.5. The standard InChI is InChI=1S/C12H10BrF3N2O2/c13-9-1-2-10(11(7-9)18(19)20)17-5-3-8(4-6-17)12(14,15)16/h1-3,7H,4-6H2. The van der Waals surface area contributed by atoms with Crippen LogP contribution in [-0.4, -0.2) is 24.2 Å². The predicted octanol–water partition coefficient (Wildman–Crippen LogP) is 4.06. The van der Waals surface area contributed by atoms with Gasteiger partial charge in [0.1, 0.15) is 5.69 Å². The molecular formula is C12H10BrF3N2O2. The van der Waals surface area contributed by atoms with Gasteiger partial charge in [-0.2, -0.15) is 13.2 Å². The molecule has 0 amide bonds. The minimum absolute atomic E-state index is 0.0112. The van der Waals surface area contributed by atoms with Gasteiger partial charge in [-0.1, -0.05) is 22.0 Å². The van der Waals surface area contributed by atoms with Crippen LogP contribution in [0.3, 0.4) is 0 Å². The Kier molecular flexibility index (Phi) is 4.03. The summed E-state index contributed by atoms with van der Waals surface area (Å²) in [4.78, 5) is 12.0. The number of nitrogens with zero attached hydrogens (tertiary/aromatic N) is 2. The zero-order valence-electron chi connectivity index (χ0n) is 10.2. The Labute approximate surface area is 121 Å². The van der Waals surface area contributed by atoms with E-state index in [0.29, 0.717) is 10.2 Å². The molecule has 108 valence electrons. The Morgan fingerprint density at radius 2 is 2.05 bits per heavy atom. The van der Waals surface area contributed by atoms with E-state index in [1.807, 2.05) is 0 Å². The summed E-state index contributed by atoms with van der Waals surface area (Å²) < 4.78 is 38.1. The fourth-order valence-corrected chi connectivity index (χ4v) is 2.40. The van der Waals surface area contributed by atoms with Crippen LogP contribution in [-0.2, 0) is 0 Å². The molecule has 1 heterocycles. The van der Waals surface area contributed by atoms with Gasteiger partial charge in [0, 0.05) is 29.2 Å². The lowest BCUT2D eigenvalue weighted by atomic mass is 10.1. The normalized spacial score (nSPS) is 16.0. The van der Waals surface area contributed by atoms with Crippen LogP contribution in [0.25, 0.3) is 0 Å². The van der Waals surface area contributed by atoms with E-state index in [-0.39, 0.29) is 25.2 Å². The van der Waals surface area contributed by atoms with Gasteiger partial charge in [-0.05, 0) is 18.6 Å². The largest absolute Gasteiger partial charge is 0.412 e. The van der Waals surface area contributed by atoms with Crippen molar-refractivity contribution in [1.82, 2.24) is 0 Å². The fourth-order valence-electron chi connectivity index (χ4n) is 2.06. The van der Waals surface area contributed by atoms with E-state index in [1.54, 1.807) is 11.0 Å². The van der Waals surface area contributed by atoms with Gasteiger partial charge in [0.2, 0.25) is 0 Å². The SMILES string of the molecule is O=[N+]([O-])c1cc(Br)ccc1N1CC=C(C(F)(F)F)CC1. The average molecular weight is 351 g/mol. The van der Waals surface area contributed by atoms with Crippen molar-refractivity contribution in [2.24, 2.45) is 0 Å². The smallest absolute Gasteiger partial charge is 0.362 e. The second-order valence-corrected chi connectivity index (χ2v) is 5.23. The molecule has 4 nitrogen and oxygen atoms in total. The molecule has 20 heavy (non-hydrogen) atoms. The summed E-state index contributed by atoms with van der Waals surface area (Å²) in [6.45, 7) is 0.116. The second-order valence-electron chi connectivity index (χ2n) is 4.31. The molecule has 0 aliphatic carbocycles. The topological polar surface area (TPSA) is 46.4 Å². The molecule has 1 aromatic carbocycles. The number of rotatable bonds is 2. The molecule has 0 bridgehead atoms. The number of hydrogen-bond acceptors (Lipinski definition) is 3. The van der Waals surface area contributed by atoms with Crippen molar-refractivity contribution in [1.29, 1.82) is 0 Å². The Hall–Kier alpha value is -1.57. The van der Waals surface area contributed by atoms with E-state index in [2.05, 4.69) is 15.9 Å². The lowest BCUT2D eigenvalue weighted by molar-refractivity contribution is -0.384. The molecule has 0 radical (unpaired) electrons. The number of alkyl halides is 3. The third kappa shape index (κ3) is 3.12. The van der Waals surface area contributed by atoms with Gasteiger partial charge in [-0.3, -0.25) is 10.1 Å². The average Bonchev–Trinajstić information content (AvgIpc) is 2.37. The maximum atomic E-state index is 12.5. The van der Waals surface area contributed by atoms with Gasteiger partial charge in [-0.25, -0.2) is 0 Å². The first-order chi connectivity index (χ1) is 9.29. The highest BCUT2D eigenvalue weighted by Crippen LogP contribution is 2.35. The van der Waals surface area contributed by atoms with Crippen LogP contribution < -0.4 is 4.90 Å². The highest BCUT2D eigenvalue weighted by molar-refractivity contribution is 9.10. The third-order valence-corrected chi connectivity index (χ3v) is 3.54. The fraction of sp³-hybridized carbons (Fsp3) is 0.333. The molecule has 8 heteroatoms. The lowest BCUT2D eigenvalue weighted by Gasteiger charge is -2.28. The van der Waals surface area contributed by atoms with E-state index in [1.165, 1.54) is 12.1 Å². The van der Waals surface area contributed by atoms with E-state index >= 15 is 0 Å².